The zero-order valence-electron chi connectivity index (χ0n) is 14.2. The number of fused-ring (bicyclic) bond motifs is 1. The standard InChI is InChI=1S/C18H21N5O/c1-11(2)18-21-17-7-5-14(10-23(17)22-18)20-16-8-13(9-19)4-6-15(16)12(3)24/h4,6,8,11,14,20H,5,7,10H2,1-3H3. The summed E-state index contributed by atoms with van der Waals surface area (Å²) in [7, 11) is 0. The van der Waals surface area contributed by atoms with E-state index >= 15 is 0 Å². The third-order valence-electron chi connectivity index (χ3n) is 4.28. The van der Waals surface area contributed by atoms with Crippen LogP contribution in [-0.2, 0) is 13.0 Å². The lowest BCUT2D eigenvalue weighted by molar-refractivity contribution is 0.101. The quantitative estimate of drug-likeness (QED) is 0.875. The number of anilines is 1. The zero-order chi connectivity index (χ0) is 17.3. The van der Waals surface area contributed by atoms with E-state index in [-0.39, 0.29) is 11.8 Å². The van der Waals surface area contributed by atoms with Crippen molar-refractivity contribution in [3.05, 3.63) is 41.0 Å². The fourth-order valence-electron chi connectivity index (χ4n) is 2.95. The van der Waals surface area contributed by atoms with E-state index in [1.54, 1.807) is 18.2 Å². The average Bonchev–Trinajstić information content (AvgIpc) is 2.98. The van der Waals surface area contributed by atoms with Gasteiger partial charge in [-0.2, -0.15) is 10.4 Å². The smallest absolute Gasteiger partial charge is 0.161 e. The van der Waals surface area contributed by atoms with Crippen LogP contribution < -0.4 is 5.32 Å². The van der Waals surface area contributed by atoms with Gasteiger partial charge in [0.15, 0.2) is 11.6 Å². The molecular formula is C18H21N5O. The van der Waals surface area contributed by atoms with Crippen LogP contribution in [0, 0.1) is 11.3 Å². The van der Waals surface area contributed by atoms with E-state index < -0.39 is 0 Å². The molecule has 124 valence electrons. The number of carbonyl (C=O) groups is 1. The summed E-state index contributed by atoms with van der Waals surface area (Å²) in [4.78, 5) is 16.4. The third kappa shape index (κ3) is 3.16. The fraction of sp³-hybridized carbons (Fsp3) is 0.444. The summed E-state index contributed by atoms with van der Waals surface area (Å²) in [5.74, 6) is 2.20. The van der Waals surface area contributed by atoms with Crippen LogP contribution in [0.4, 0.5) is 5.69 Å². The molecule has 0 fully saturated rings. The number of nitrogens with zero attached hydrogens (tertiary/aromatic N) is 4. The maximum Gasteiger partial charge on any atom is 0.161 e. The number of Topliss-reactive ketones (excluding diaryl/α,β-unsaturated/α-hetero) is 1. The Labute approximate surface area is 141 Å². The molecule has 3 rings (SSSR count). The van der Waals surface area contributed by atoms with Crippen molar-refractivity contribution in [2.24, 2.45) is 0 Å². The lowest BCUT2D eigenvalue weighted by atomic mass is 10.0. The van der Waals surface area contributed by atoms with E-state index in [2.05, 4.69) is 35.3 Å². The van der Waals surface area contributed by atoms with Gasteiger partial charge in [0.2, 0.25) is 0 Å². The van der Waals surface area contributed by atoms with Crippen LogP contribution in [0.15, 0.2) is 18.2 Å². The highest BCUT2D eigenvalue weighted by Gasteiger charge is 2.23. The molecule has 0 spiro atoms. The molecule has 0 bridgehead atoms. The largest absolute Gasteiger partial charge is 0.380 e. The maximum absolute atomic E-state index is 11.8. The average molecular weight is 323 g/mol. The van der Waals surface area contributed by atoms with Crippen molar-refractivity contribution in [2.45, 2.75) is 52.1 Å². The second-order valence-corrected chi connectivity index (χ2v) is 6.53. The molecule has 1 unspecified atom stereocenters. The number of ketones is 1. The Morgan fingerprint density at radius 1 is 1.46 bits per heavy atom. The molecule has 6 heteroatoms. The topological polar surface area (TPSA) is 83.6 Å². The monoisotopic (exact) mass is 323 g/mol. The Morgan fingerprint density at radius 3 is 2.92 bits per heavy atom. The van der Waals surface area contributed by atoms with E-state index in [1.807, 2.05) is 4.68 Å². The third-order valence-corrected chi connectivity index (χ3v) is 4.28. The minimum Gasteiger partial charge on any atom is -0.380 e. The molecule has 0 aliphatic carbocycles. The summed E-state index contributed by atoms with van der Waals surface area (Å²) in [6.45, 7) is 6.42. The molecule has 1 aromatic carbocycles. The summed E-state index contributed by atoms with van der Waals surface area (Å²) in [6.07, 6.45) is 1.77. The molecule has 1 N–H and O–H groups in total. The highest BCUT2D eigenvalue weighted by Crippen LogP contribution is 2.23. The molecule has 2 aromatic rings. The van der Waals surface area contributed by atoms with Gasteiger partial charge in [-0.1, -0.05) is 13.8 Å². The van der Waals surface area contributed by atoms with E-state index in [4.69, 9.17) is 5.26 Å². The summed E-state index contributed by atoms with van der Waals surface area (Å²) in [6, 6.07) is 7.41. The van der Waals surface area contributed by atoms with Gasteiger partial charge in [-0.05, 0) is 31.5 Å². The van der Waals surface area contributed by atoms with Gasteiger partial charge in [-0.3, -0.25) is 4.79 Å². The molecular weight excluding hydrogens is 302 g/mol. The molecule has 6 nitrogen and oxygen atoms in total. The summed E-state index contributed by atoms with van der Waals surface area (Å²) < 4.78 is 1.96. The number of carbonyl (C=O) groups excluding carboxylic acids is 1. The van der Waals surface area contributed by atoms with Crippen LogP contribution in [0.3, 0.4) is 0 Å². The number of benzene rings is 1. The molecule has 1 atom stereocenters. The Kier molecular flexibility index (Phi) is 4.34. The number of rotatable bonds is 4. The molecule has 1 aliphatic heterocycles. The Bertz CT molecular complexity index is 815. The second-order valence-electron chi connectivity index (χ2n) is 6.53. The van der Waals surface area contributed by atoms with E-state index in [1.165, 1.54) is 6.92 Å². The van der Waals surface area contributed by atoms with Crippen LogP contribution in [0.5, 0.6) is 0 Å². The number of aryl methyl sites for hydroxylation is 1. The predicted molar refractivity (Wildman–Crippen MR) is 91.0 cm³/mol. The van der Waals surface area contributed by atoms with Gasteiger partial charge in [0, 0.05) is 29.6 Å². The van der Waals surface area contributed by atoms with Crippen LogP contribution in [0.2, 0.25) is 0 Å². The number of aromatic nitrogens is 3. The Balaban J connectivity index is 1.82. The first-order valence-electron chi connectivity index (χ1n) is 8.23. The van der Waals surface area contributed by atoms with Crippen molar-refractivity contribution >= 4 is 11.5 Å². The molecule has 2 heterocycles. The van der Waals surface area contributed by atoms with E-state index in [0.29, 0.717) is 23.6 Å². The maximum atomic E-state index is 11.8. The summed E-state index contributed by atoms with van der Waals surface area (Å²) >= 11 is 0. The van der Waals surface area contributed by atoms with Gasteiger partial charge in [-0.25, -0.2) is 9.67 Å². The van der Waals surface area contributed by atoms with Gasteiger partial charge < -0.3 is 5.32 Å². The highest BCUT2D eigenvalue weighted by atomic mass is 16.1. The zero-order valence-corrected chi connectivity index (χ0v) is 14.2. The predicted octanol–water partition coefficient (Wildman–Crippen LogP) is 2.90. The number of hydrogen-bond donors (Lipinski definition) is 1. The van der Waals surface area contributed by atoms with Gasteiger partial charge in [0.1, 0.15) is 5.82 Å². The normalized spacial score (nSPS) is 16.5. The van der Waals surface area contributed by atoms with Gasteiger partial charge in [0.25, 0.3) is 0 Å². The summed E-state index contributed by atoms with van der Waals surface area (Å²) in [5.41, 5.74) is 1.88. The minimum atomic E-state index is -0.0126. The molecule has 0 saturated carbocycles. The van der Waals surface area contributed by atoms with Crippen LogP contribution in [0.25, 0.3) is 0 Å². The van der Waals surface area contributed by atoms with Gasteiger partial charge >= 0.3 is 0 Å². The van der Waals surface area contributed by atoms with Crippen molar-refractivity contribution < 1.29 is 4.79 Å². The van der Waals surface area contributed by atoms with Gasteiger partial charge in [-0.15, -0.1) is 0 Å². The van der Waals surface area contributed by atoms with Gasteiger partial charge in [0.05, 0.1) is 18.2 Å². The first kappa shape index (κ1) is 16.2. The Hall–Kier alpha value is -2.68. The molecule has 0 amide bonds. The van der Waals surface area contributed by atoms with Crippen molar-refractivity contribution in [2.75, 3.05) is 5.32 Å². The minimum absolute atomic E-state index is 0.0126. The van der Waals surface area contributed by atoms with Crippen LogP contribution >= 0.6 is 0 Å². The van der Waals surface area contributed by atoms with E-state index in [9.17, 15) is 4.79 Å². The fourth-order valence-corrected chi connectivity index (χ4v) is 2.95. The number of nitrogens with one attached hydrogen (secondary N) is 1. The SMILES string of the molecule is CC(=O)c1ccc(C#N)cc1NC1CCc2nc(C(C)C)nn2C1. The molecule has 24 heavy (non-hydrogen) atoms. The van der Waals surface area contributed by atoms with E-state index in [0.717, 1.165) is 30.2 Å². The van der Waals surface area contributed by atoms with Crippen molar-refractivity contribution in [1.82, 2.24) is 14.8 Å². The highest BCUT2D eigenvalue weighted by molar-refractivity contribution is 5.99. The first-order valence-corrected chi connectivity index (χ1v) is 8.23. The van der Waals surface area contributed by atoms with Crippen LogP contribution in [-0.4, -0.2) is 26.6 Å². The lowest BCUT2D eigenvalue weighted by Gasteiger charge is -2.25. The molecule has 1 aromatic heterocycles. The van der Waals surface area contributed by atoms with Crippen molar-refractivity contribution in [3.8, 4) is 6.07 Å². The molecule has 0 saturated heterocycles. The van der Waals surface area contributed by atoms with Crippen molar-refractivity contribution in [1.29, 1.82) is 5.26 Å². The molecule has 1 aliphatic rings. The van der Waals surface area contributed by atoms with Crippen LogP contribution in [0.1, 0.15) is 60.7 Å². The number of nitriles is 1. The van der Waals surface area contributed by atoms with Crippen molar-refractivity contribution in [3.63, 3.8) is 0 Å². The number of hydrogen-bond acceptors (Lipinski definition) is 5. The summed E-state index contributed by atoms with van der Waals surface area (Å²) in [5, 5.41) is 17.1. The lowest BCUT2D eigenvalue weighted by Crippen LogP contribution is -2.32. The first-order chi connectivity index (χ1) is 11.5. The Morgan fingerprint density at radius 2 is 2.25 bits per heavy atom. The second kappa shape index (κ2) is 6.44. The molecule has 0 radical (unpaired) electrons.